The molecule has 0 bridgehead atoms. The zero-order chi connectivity index (χ0) is 43.1. The van der Waals surface area contributed by atoms with Crippen LogP contribution in [-0.2, 0) is 10.8 Å². The number of benzene rings is 11. The summed E-state index contributed by atoms with van der Waals surface area (Å²) in [6.07, 6.45) is 0. The molecule has 2 heteroatoms. The Balaban J connectivity index is 0.856. The van der Waals surface area contributed by atoms with Gasteiger partial charge in [0, 0.05) is 33.3 Å². The van der Waals surface area contributed by atoms with Gasteiger partial charge in [0.1, 0.15) is 11.5 Å². The molecular formula is C64H39NO. The highest BCUT2D eigenvalue weighted by molar-refractivity contribution is 6.03. The molecule has 0 atom stereocenters. The van der Waals surface area contributed by atoms with Gasteiger partial charge in [-0.25, -0.2) is 0 Å². The summed E-state index contributed by atoms with van der Waals surface area (Å²) in [5, 5.41) is 8.40. The summed E-state index contributed by atoms with van der Waals surface area (Å²) in [6, 6.07) is 85.4. The van der Waals surface area contributed by atoms with E-state index in [1.54, 1.807) is 0 Å². The smallest absolute Gasteiger partial charge is 0.140 e. The second kappa shape index (κ2) is 13.1. The molecule has 1 aliphatic heterocycles. The van der Waals surface area contributed by atoms with Gasteiger partial charge in [0.25, 0.3) is 0 Å². The van der Waals surface area contributed by atoms with Crippen LogP contribution in [0.3, 0.4) is 0 Å². The second-order valence-corrected chi connectivity index (χ2v) is 18.3. The Morgan fingerprint density at radius 3 is 1.32 bits per heavy atom. The summed E-state index contributed by atoms with van der Waals surface area (Å²) in [7, 11) is 0. The molecule has 2 nitrogen and oxygen atoms in total. The third-order valence-electron chi connectivity index (χ3n) is 15.3. The number of nitrogens with one attached hydrogen (secondary N) is 1. The van der Waals surface area contributed by atoms with E-state index in [9.17, 15) is 0 Å². The van der Waals surface area contributed by atoms with Crippen LogP contribution in [0.2, 0.25) is 0 Å². The van der Waals surface area contributed by atoms with E-state index in [-0.39, 0.29) is 5.41 Å². The average molecular weight is 838 g/mol. The van der Waals surface area contributed by atoms with Crippen molar-refractivity contribution in [2.24, 2.45) is 0 Å². The Hall–Kier alpha value is -8.46. The Kier molecular flexibility index (Phi) is 7.11. The molecule has 0 unspecified atom stereocenters. The van der Waals surface area contributed by atoms with Crippen LogP contribution in [-0.4, -0.2) is 0 Å². The molecule has 0 saturated heterocycles. The van der Waals surface area contributed by atoms with Crippen LogP contribution in [0.25, 0.3) is 66.1 Å². The first-order valence-corrected chi connectivity index (χ1v) is 23.0. The Morgan fingerprint density at radius 2 is 0.712 bits per heavy atom. The number of rotatable bonds is 3. The standard InChI is InChI=1S/C64H39NO/c1-3-16-45-39(14-1)30-35-58-61(45)66-62-46-17-4-2-15-40(46)31-36-59(62)64(58)55-26-12-8-21-50(55)60-44(22-13-27-57(60)64)41-28-32-42(33-29-41)65-43-34-37-56-51(38-43)49-20-7-11-25-54(49)63(56)52-23-9-5-18-47(52)48-19-6-10-24-53(48)63/h1-38,65H. The monoisotopic (exact) mass is 837 g/mol. The third kappa shape index (κ3) is 4.46. The molecule has 11 aromatic rings. The first-order chi connectivity index (χ1) is 32.7. The molecule has 3 aliphatic carbocycles. The van der Waals surface area contributed by atoms with Crippen molar-refractivity contribution in [2.75, 3.05) is 5.32 Å². The lowest BCUT2D eigenvalue weighted by atomic mass is 9.65. The highest BCUT2D eigenvalue weighted by Gasteiger charge is 2.53. The molecule has 0 amide bonds. The molecule has 11 aromatic carbocycles. The predicted molar refractivity (Wildman–Crippen MR) is 270 cm³/mol. The minimum Gasteiger partial charge on any atom is -0.455 e. The molecule has 306 valence electrons. The van der Waals surface area contributed by atoms with Gasteiger partial charge >= 0.3 is 0 Å². The zero-order valence-electron chi connectivity index (χ0n) is 35.8. The molecule has 0 saturated carbocycles. The molecule has 15 rings (SSSR count). The highest BCUT2D eigenvalue weighted by atomic mass is 16.5. The van der Waals surface area contributed by atoms with Crippen LogP contribution in [0, 0.1) is 0 Å². The maximum atomic E-state index is 7.18. The number of fused-ring (bicyclic) bond motifs is 23. The van der Waals surface area contributed by atoms with Crippen molar-refractivity contribution in [3.05, 3.63) is 275 Å². The van der Waals surface area contributed by atoms with Gasteiger partial charge in [-0.05, 0) is 113 Å². The second-order valence-electron chi connectivity index (χ2n) is 18.3. The zero-order valence-corrected chi connectivity index (χ0v) is 35.8. The number of hydrogen-bond acceptors (Lipinski definition) is 2. The third-order valence-corrected chi connectivity index (χ3v) is 15.3. The van der Waals surface area contributed by atoms with Gasteiger partial charge in [-0.1, -0.05) is 206 Å². The fourth-order valence-corrected chi connectivity index (χ4v) is 12.8. The maximum Gasteiger partial charge on any atom is 0.140 e. The lowest BCUT2D eigenvalue weighted by Gasteiger charge is -2.40. The summed E-state index contributed by atoms with van der Waals surface area (Å²) in [5.41, 5.74) is 21.7. The Bertz CT molecular complexity index is 3760. The van der Waals surface area contributed by atoms with Crippen LogP contribution in [0.4, 0.5) is 11.4 Å². The molecule has 1 N–H and O–H groups in total. The van der Waals surface area contributed by atoms with Crippen molar-refractivity contribution in [1.82, 2.24) is 0 Å². The van der Waals surface area contributed by atoms with Crippen LogP contribution in [0.1, 0.15) is 44.5 Å². The van der Waals surface area contributed by atoms with Gasteiger partial charge < -0.3 is 10.1 Å². The van der Waals surface area contributed by atoms with E-state index in [0.717, 1.165) is 33.6 Å². The Morgan fingerprint density at radius 1 is 0.288 bits per heavy atom. The topological polar surface area (TPSA) is 21.3 Å². The van der Waals surface area contributed by atoms with Crippen LogP contribution in [0.5, 0.6) is 11.5 Å². The normalized spacial score (nSPS) is 14.4. The van der Waals surface area contributed by atoms with Crippen molar-refractivity contribution in [3.63, 3.8) is 0 Å². The molecule has 0 radical (unpaired) electrons. The molecule has 2 spiro atoms. The van der Waals surface area contributed by atoms with Crippen molar-refractivity contribution >= 4 is 32.9 Å². The van der Waals surface area contributed by atoms with Gasteiger partial charge in [0.15, 0.2) is 0 Å². The first kappa shape index (κ1) is 35.9. The van der Waals surface area contributed by atoms with Gasteiger partial charge in [0.2, 0.25) is 0 Å². The molecule has 1 heterocycles. The van der Waals surface area contributed by atoms with Crippen molar-refractivity contribution in [3.8, 4) is 56.0 Å². The molecule has 4 aliphatic rings. The van der Waals surface area contributed by atoms with E-state index in [4.69, 9.17) is 4.74 Å². The molecule has 66 heavy (non-hydrogen) atoms. The minimum absolute atomic E-state index is 0.344. The average Bonchev–Trinajstić information content (AvgIpc) is 3.97. The summed E-state index contributed by atoms with van der Waals surface area (Å²) >= 11 is 0. The van der Waals surface area contributed by atoms with Gasteiger partial charge in [-0.2, -0.15) is 0 Å². The summed E-state index contributed by atoms with van der Waals surface area (Å²) in [6.45, 7) is 0. The Labute approximate surface area is 383 Å². The number of anilines is 2. The van der Waals surface area contributed by atoms with E-state index in [2.05, 4.69) is 236 Å². The van der Waals surface area contributed by atoms with E-state index in [0.29, 0.717) is 0 Å². The molecule has 0 aromatic heterocycles. The lowest BCUT2D eigenvalue weighted by molar-refractivity contribution is 0.447. The van der Waals surface area contributed by atoms with E-state index >= 15 is 0 Å². The van der Waals surface area contributed by atoms with E-state index in [1.807, 2.05) is 0 Å². The van der Waals surface area contributed by atoms with Gasteiger partial charge in [0.05, 0.1) is 10.8 Å². The van der Waals surface area contributed by atoms with Crippen LogP contribution in [0.15, 0.2) is 231 Å². The maximum absolute atomic E-state index is 7.18. The fraction of sp³-hybridized carbons (Fsp3) is 0.0312. The van der Waals surface area contributed by atoms with Crippen LogP contribution >= 0.6 is 0 Å². The summed E-state index contributed by atoms with van der Waals surface area (Å²) in [5.74, 6) is 1.87. The van der Waals surface area contributed by atoms with Crippen LogP contribution < -0.4 is 10.1 Å². The summed E-state index contributed by atoms with van der Waals surface area (Å²) in [4.78, 5) is 0. The van der Waals surface area contributed by atoms with Crippen molar-refractivity contribution in [1.29, 1.82) is 0 Å². The van der Waals surface area contributed by atoms with E-state index in [1.165, 1.54) is 99.8 Å². The largest absolute Gasteiger partial charge is 0.455 e. The number of ether oxygens (including phenoxy) is 1. The first-order valence-electron chi connectivity index (χ1n) is 23.0. The predicted octanol–water partition coefficient (Wildman–Crippen LogP) is 16.2. The van der Waals surface area contributed by atoms with Crippen molar-refractivity contribution < 1.29 is 4.74 Å². The minimum atomic E-state index is -0.589. The SMILES string of the molecule is c1ccc2c(c1)-c1ccccc1C21c2ccccc2-c2cc(Nc3ccc(-c4cccc5c4-c4ccccc4C54c5ccc6ccccc6c5Oc5c4ccc4ccccc54)cc3)ccc21. The highest BCUT2D eigenvalue weighted by Crippen LogP contribution is 2.66. The van der Waals surface area contributed by atoms with Gasteiger partial charge in [-0.15, -0.1) is 0 Å². The fourth-order valence-electron chi connectivity index (χ4n) is 12.8. The molecular weight excluding hydrogens is 799 g/mol. The van der Waals surface area contributed by atoms with Gasteiger partial charge in [-0.3, -0.25) is 0 Å². The van der Waals surface area contributed by atoms with E-state index < -0.39 is 5.41 Å². The lowest BCUT2D eigenvalue weighted by Crippen LogP contribution is -2.32. The number of hydrogen-bond donors (Lipinski definition) is 1. The molecule has 0 fully saturated rings. The quantitative estimate of drug-likeness (QED) is 0.191. The summed E-state index contributed by atoms with van der Waals surface area (Å²) < 4.78 is 7.18. The van der Waals surface area contributed by atoms with Crippen molar-refractivity contribution in [2.45, 2.75) is 10.8 Å².